The van der Waals surface area contributed by atoms with Crippen molar-refractivity contribution < 1.29 is 27.9 Å². The van der Waals surface area contributed by atoms with Gasteiger partial charge in [-0.25, -0.2) is 0 Å². The monoisotopic (exact) mass is 331 g/mol. The number of halogens is 3. The average Bonchev–Trinajstić information content (AvgIpc) is 2.43. The second-order valence-electron chi connectivity index (χ2n) is 5.75. The Bertz CT molecular complexity index is 553. The first-order valence-electron chi connectivity index (χ1n) is 7.20. The highest BCUT2D eigenvalue weighted by molar-refractivity contribution is 5.83. The van der Waals surface area contributed by atoms with Crippen LogP contribution in [0, 0.1) is 5.92 Å². The Morgan fingerprint density at radius 1 is 1.13 bits per heavy atom. The van der Waals surface area contributed by atoms with Crippen LogP contribution in [-0.4, -0.2) is 34.5 Å². The summed E-state index contributed by atoms with van der Waals surface area (Å²) in [6.07, 6.45) is -4.14. The zero-order valence-electron chi connectivity index (χ0n) is 13.2. The van der Waals surface area contributed by atoms with Crippen molar-refractivity contribution in [3.05, 3.63) is 35.4 Å². The van der Waals surface area contributed by atoms with Gasteiger partial charge in [0.05, 0.1) is 5.56 Å². The Labute approximate surface area is 132 Å². The van der Waals surface area contributed by atoms with Crippen LogP contribution in [-0.2, 0) is 22.2 Å². The van der Waals surface area contributed by atoms with Crippen molar-refractivity contribution >= 4 is 11.9 Å². The van der Waals surface area contributed by atoms with Crippen molar-refractivity contribution in [2.45, 2.75) is 39.4 Å². The first kappa shape index (κ1) is 19.0. The number of hydrogen-bond acceptors (Lipinski definition) is 2. The maximum atomic E-state index is 12.5. The van der Waals surface area contributed by atoms with Crippen LogP contribution in [0.15, 0.2) is 24.3 Å². The normalized spacial score (nSPS) is 13.0. The van der Waals surface area contributed by atoms with Crippen molar-refractivity contribution in [2.24, 2.45) is 5.92 Å². The van der Waals surface area contributed by atoms with Gasteiger partial charge in [-0.15, -0.1) is 0 Å². The molecule has 0 aliphatic carbocycles. The molecular formula is C16H20F3NO3. The van der Waals surface area contributed by atoms with Crippen molar-refractivity contribution in [3.63, 3.8) is 0 Å². The topological polar surface area (TPSA) is 57.6 Å². The first-order valence-corrected chi connectivity index (χ1v) is 7.20. The summed E-state index contributed by atoms with van der Waals surface area (Å²) >= 11 is 0. The number of carboxylic acids is 1. The molecule has 0 radical (unpaired) electrons. The van der Waals surface area contributed by atoms with Crippen LogP contribution < -0.4 is 0 Å². The summed E-state index contributed by atoms with van der Waals surface area (Å²) in [6, 6.07) is 4.36. The van der Waals surface area contributed by atoms with E-state index in [1.54, 1.807) is 20.8 Å². The molecule has 0 fully saturated rings. The SMILES string of the molecule is CC(Cc1ccc(C(F)(F)F)cc1)C(=O)N(CC(=O)O)C(C)C. The van der Waals surface area contributed by atoms with E-state index in [0.717, 1.165) is 12.1 Å². The molecule has 1 aromatic carbocycles. The van der Waals surface area contributed by atoms with Crippen LogP contribution in [0.2, 0.25) is 0 Å². The number of carbonyl (C=O) groups is 2. The Balaban J connectivity index is 2.79. The maximum absolute atomic E-state index is 12.5. The van der Waals surface area contributed by atoms with Crippen molar-refractivity contribution in [1.82, 2.24) is 4.90 Å². The molecule has 0 aliphatic rings. The second-order valence-corrected chi connectivity index (χ2v) is 5.75. The fourth-order valence-electron chi connectivity index (χ4n) is 2.21. The largest absolute Gasteiger partial charge is 0.480 e. The van der Waals surface area contributed by atoms with Crippen molar-refractivity contribution in [3.8, 4) is 0 Å². The van der Waals surface area contributed by atoms with Gasteiger partial charge in [0.15, 0.2) is 0 Å². The fraction of sp³-hybridized carbons (Fsp3) is 0.500. The standard InChI is InChI=1S/C16H20F3NO3/c1-10(2)20(9-14(21)22)15(23)11(3)8-12-4-6-13(7-5-12)16(17,18)19/h4-7,10-11H,8-9H2,1-3H3,(H,21,22). The minimum atomic E-state index is -4.39. The Kier molecular flexibility index (Phi) is 6.18. The highest BCUT2D eigenvalue weighted by Crippen LogP contribution is 2.29. The van der Waals surface area contributed by atoms with Crippen LogP contribution in [0.1, 0.15) is 31.9 Å². The van der Waals surface area contributed by atoms with E-state index in [2.05, 4.69) is 0 Å². The summed E-state index contributed by atoms with van der Waals surface area (Å²) in [5.41, 5.74) is -0.146. The van der Waals surface area contributed by atoms with E-state index in [0.29, 0.717) is 5.56 Å². The second kappa shape index (κ2) is 7.48. The van der Waals surface area contributed by atoms with Gasteiger partial charge in [-0.1, -0.05) is 19.1 Å². The molecule has 0 spiro atoms. The molecule has 0 aromatic heterocycles. The first-order chi connectivity index (χ1) is 10.5. The molecule has 128 valence electrons. The van der Waals surface area contributed by atoms with Gasteiger partial charge in [-0.2, -0.15) is 13.2 Å². The van der Waals surface area contributed by atoms with E-state index in [9.17, 15) is 22.8 Å². The van der Waals surface area contributed by atoms with E-state index in [-0.39, 0.29) is 18.4 Å². The lowest BCUT2D eigenvalue weighted by molar-refractivity contribution is -0.147. The summed E-state index contributed by atoms with van der Waals surface area (Å²) < 4.78 is 37.5. The zero-order chi connectivity index (χ0) is 17.8. The summed E-state index contributed by atoms with van der Waals surface area (Å²) in [5, 5.41) is 8.86. The molecule has 1 atom stereocenters. The van der Waals surface area contributed by atoms with Gasteiger partial charge in [0.1, 0.15) is 6.54 Å². The van der Waals surface area contributed by atoms with E-state index in [1.807, 2.05) is 0 Å². The third kappa shape index (κ3) is 5.58. The van der Waals surface area contributed by atoms with Gasteiger partial charge >= 0.3 is 12.1 Å². The number of amides is 1. The van der Waals surface area contributed by atoms with Crippen molar-refractivity contribution in [1.29, 1.82) is 0 Å². The Hall–Kier alpha value is -2.05. The highest BCUT2D eigenvalue weighted by atomic mass is 19.4. The molecule has 0 saturated carbocycles. The summed E-state index contributed by atoms with van der Waals surface area (Å²) in [6.45, 7) is 4.67. The van der Waals surface area contributed by atoms with Crippen LogP contribution in [0.25, 0.3) is 0 Å². The number of nitrogens with zero attached hydrogens (tertiary/aromatic N) is 1. The summed E-state index contributed by atoms with van der Waals surface area (Å²) in [7, 11) is 0. The smallest absolute Gasteiger partial charge is 0.416 e. The van der Waals surface area contributed by atoms with Crippen LogP contribution in [0.4, 0.5) is 13.2 Å². The van der Waals surface area contributed by atoms with E-state index in [1.165, 1.54) is 17.0 Å². The molecule has 1 amide bonds. The van der Waals surface area contributed by atoms with E-state index < -0.39 is 30.2 Å². The number of aliphatic carboxylic acids is 1. The number of rotatable bonds is 6. The predicted octanol–water partition coefficient (Wildman–Crippen LogP) is 3.21. The van der Waals surface area contributed by atoms with Crippen molar-refractivity contribution in [2.75, 3.05) is 6.54 Å². The number of carbonyl (C=O) groups excluding carboxylic acids is 1. The molecule has 1 rings (SSSR count). The minimum Gasteiger partial charge on any atom is -0.480 e. The number of benzene rings is 1. The Morgan fingerprint density at radius 2 is 1.65 bits per heavy atom. The quantitative estimate of drug-likeness (QED) is 0.871. The predicted molar refractivity (Wildman–Crippen MR) is 78.8 cm³/mol. The lowest BCUT2D eigenvalue weighted by Crippen LogP contribution is -2.43. The minimum absolute atomic E-state index is 0.250. The molecule has 4 nitrogen and oxygen atoms in total. The molecule has 23 heavy (non-hydrogen) atoms. The van der Waals surface area contributed by atoms with Crippen LogP contribution >= 0.6 is 0 Å². The summed E-state index contributed by atoms with van der Waals surface area (Å²) in [4.78, 5) is 24.4. The fourth-order valence-corrected chi connectivity index (χ4v) is 2.21. The molecule has 7 heteroatoms. The molecule has 1 aromatic rings. The molecular weight excluding hydrogens is 311 g/mol. The lowest BCUT2D eigenvalue weighted by atomic mass is 9.98. The van der Waals surface area contributed by atoms with Gasteiger partial charge in [-0.3, -0.25) is 9.59 Å². The van der Waals surface area contributed by atoms with E-state index >= 15 is 0 Å². The summed E-state index contributed by atoms with van der Waals surface area (Å²) in [5.74, 6) is -1.95. The molecule has 0 saturated heterocycles. The third-order valence-corrected chi connectivity index (χ3v) is 3.46. The molecule has 0 aliphatic heterocycles. The highest BCUT2D eigenvalue weighted by Gasteiger charge is 2.30. The Morgan fingerprint density at radius 3 is 2.04 bits per heavy atom. The lowest BCUT2D eigenvalue weighted by Gasteiger charge is -2.28. The van der Waals surface area contributed by atoms with Crippen LogP contribution in [0.3, 0.4) is 0 Å². The van der Waals surface area contributed by atoms with Gasteiger partial charge < -0.3 is 10.0 Å². The molecule has 0 bridgehead atoms. The molecule has 0 heterocycles. The van der Waals surface area contributed by atoms with Crippen LogP contribution in [0.5, 0.6) is 0 Å². The number of carboxylic acid groups (broad SMARTS) is 1. The number of alkyl halides is 3. The van der Waals surface area contributed by atoms with Gasteiger partial charge in [0, 0.05) is 12.0 Å². The average molecular weight is 331 g/mol. The number of hydrogen-bond donors (Lipinski definition) is 1. The van der Waals surface area contributed by atoms with Gasteiger partial charge in [-0.05, 0) is 38.0 Å². The maximum Gasteiger partial charge on any atom is 0.416 e. The van der Waals surface area contributed by atoms with Gasteiger partial charge in [0.2, 0.25) is 5.91 Å². The van der Waals surface area contributed by atoms with Gasteiger partial charge in [0.25, 0.3) is 0 Å². The van der Waals surface area contributed by atoms with E-state index in [4.69, 9.17) is 5.11 Å². The molecule has 1 N–H and O–H groups in total. The zero-order valence-corrected chi connectivity index (χ0v) is 13.2. The molecule has 1 unspecified atom stereocenters. The third-order valence-electron chi connectivity index (χ3n) is 3.46.